The summed E-state index contributed by atoms with van der Waals surface area (Å²) in [6, 6.07) is 8.22. The summed E-state index contributed by atoms with van der Waals surface area (Å²) >= 11 is 0. The molecule has 0 fully saturated rings. The number of carbonyl (C=O) groups excluding carboxylic acids is 2. The number of hydrogen-bond acceptors (Lipinski definition) is 2. The van der Waals surface area contributed by atoms with Crippen LogP contribution in [0, 0.1) is 24.4 Å². The van der Waals surface area contributed by atoms with Crippen LogP contribution in [0.1, 0.15) is 30.5 Å². The van der Waals surface area contributed by atoms with Gasteiger partial charge in [0.15, 0.2) is 17.5 Å². The highest BCUT2D eigenvalue weighted by molar-refractivity contribution is 5.91. The smallest absolute Gasteiger partial charge is 0.226 e. The third-order valence-electron chi connectivity index (χ3n) is 3.56. The predicted molar refractivity (Wildman–Crippen MR) is 87.3 cm³/mol. The van der Waals surface area contributed by atoms with Crippen LogP contribution < -0.4 is 10.6 Å². The Bertz CT molecular complexity index is 792. The van der Waals surface area contributed by atoms with Gasteiger partial charge in [-0.05, 0) is 24.6 Å². The second kappa shape index (κ2) is 7.83. The van der Waals surface area contributed by atoms with E-state index in [0.29, 0.717) is 5.56 Å². The number of aryl methyl sites for hydroxylation is 1. The normalized spacial score (nSPS) is 11.7. The van der Waals surface area contributed by atoms with Gasteiger partial charge in [0, 0.05) is 6.92 Å². The van der Waals surface area contributed by atoms with Crippen molar-refractivity contribution in [3.63, 3.8) is 0 Å². The van der Waals surface area contributed by atoms with Crippen molar-refractivity contribution in [3.8, 4) is 0 Å². The fraction of sp³-hybridized carbons (Fsp3) is 0.222. The van der Waals surface area contributed by atoms with Crippen LogP contribution in [0.3, 0.4) is 0 Å². The van der Waals surface area contributed by atoms with Crippen molar-refractivity contribution in [2.75, 3.05) is 5.32 Å². The van der Waals surface area contributed by atoms with Gasteiger partial charge in [0.1, 0.15) is 0 Å². The van der Waals surface area contributed by atoms with Gasteiger partial charge in [-0.3, -0.25) is 9.59 Å². The highest BCUT2D eigenvalue weighted by atomic mass is 19.2. The average molecular weight is 350 g/mol. The van der Waals surface area contributed by atoms with E-state index in [2.05, 4.69) is 10.6 Å². The maximum Gasteiger partial charge on any atom is 0.226 e. The molecule has 25 heavy (non-hydrogen) atoms. The fourth-order valence-corrected chi connectivity index (χ4v) is 2.31. The third-order valence-corrected chi connectivity index (χ3v) is 3.56. The molecule has 2 aromatic rings. The maximum absolute atomic E-state index is 13.6. The van der Waals surface area contributed by atoms with E-state index in [1.807, 2.05) is 19.1 Å². The molecular weight excluding hydrogens is 333 g/mol. The molecule has 0 aromatic heterocycles. The number of halogens is 3. The Kier molecular flexibility index (Phi) is 5.80. The van der Waals surface area contributed by atoms with Gasteiger partial charge in [-0.25, -0.2) is 13.2 Å². The second-order valence-electron chi connectivity index (χ2n) is 5.64. The molecule has 0 aliphatic carbocycles. The van der Waals surface area contributed by atoms with Gasteiger partial charge in [0.25, 0.3) is 0 Å². The van der Waals surface area contributed by atoms with E-state index >= 15 is 0 Å². The molecular formula is C18H17F3N2O2. The SMILES string of the molecule is CC(=O)NC(CC(=O)Nc1ccc(F)c(F)c1F)c1ccc(C)cc1. The molecule has 2 aromatic carbocycles. The van der Waals surface area contributed by atoms with Crippen LogP contribution in [-0.2, 0) is 9.59 Å². The molecule has 2 amide bonds. The van der Waals surface area contributed by atoms with Crippen LogP contribution in [0.2, 0.25) is 0 Å². The number of anilines is 1. The predicted octanol–water partition coefficient (Wildman–Crippen LogP) is 3.62. The van der Waals surface area contributed by atoms with Crippen LogP contribution in [0.4, 0.5) is 18.9 Å². The summed E-state index contributed by atoms with van der Waals surface area (Å²) in [4.78, 5) is 23.5. The van der Waals surface area contributed by atoms with Crippen molar-refractivity contribution in [1.82, 2.24) is 5.32 Å². The molecule has 7 heteroatoms. The molecule has 0 saturated heterocycles. The van der Waals surface area contributed by atoms with Crippen LogP contribution in [0.5, 0.6) is 0 Å². The molecule has 2 N–H and O–H groups in total. The molecule has 0 saturated carbocycles. The molecule has 132 valence electrons. The Morgan fingerprint density at radius 3 is 2.24 bits per heavy atom. The van der Waals surface area contributed by atoms with Crippen molar-refractivity contribution in [3.05, 3.63) is 65.0 Å². The summed E-state index contributed by atoms with van der Waals surface area (Å²) in [5.74, 6) is -5.46. The Morgan fingerprint density at radius 1 is 1.00 bits per heavy atom. The lowest BCUT2D eigenvalue weighted by molar-refractivity contribution is -0.120. The highest BCUT2D eigenvalue weighted by Crippen LogP contribution is 2.22. The van der Waals surface area contributed by atoms with Crippen LogP contribution >= 0.6 is 0 Å². The van der Waals surface area contributed by atoms with E-state index in [0.717, 1.165) is 17.7 Å². The summed E-state index contributed by atoms with van der Waals surface area (Å²) in [5, 5.41) is 4.83. The molecule has 2 rings (SSSR count). The minimum Gasteiger partial charge on any atom is -0.349 e. The van der Waals surface area contributed by atoms with Crippen LogP contribution in [0.25, 0.3) is 0 Å². The van der Waals surface area contributed by atoms with E-state index in [9.17, 15) is 22.8 Å². The lowest BCUT2D eigenvalue weighted by Crippen LogP contribution is -2.30. The van der Waals surface area contributed by atoms with Crippen molar-refractivity contribution < 1.29 is 22.8 Å². The molecule has 0 radical (unpaired) electrons. The standard InChI is InChI=1S/C18H17F3N2O2/c1-10-3-5-12(6-4-10)15(22-11(2)24)9-16(25)23-14-8-7-13(19)17(20)18(14)21/h3-8,15H,9H2,1-2H3,(H,22,24)(H,23,25). The van der Waals surface area contributed by atoms with E-state index in [-0.39, 0.29) is 12.3 Å². The molecule has 1 atom stereocenters. The molecule has 0 spiro atoms. The summed E-state index contributed by atoms with van der Waals surface area (Å²) < 4.78 is 39.8. The Balaban J connectivity index is 2.15. The average Bonchev–Trinajstić information content (AvgIpc) is 2.55. The lowest BCUT2D eigenvalue weighted by atomic mass is 10.0. The molecule has 0 bridgehead atoms. The zero-order valence-corrected chi connectivity index (χ0v) is 13.7. The number of amides is 2. The summed E-state index contributed by atoms with van der Waals surface area (Å²) in [7, 11) is 0. The number of hydrogen-bond donors (Lipinski definition) is 2. The van der Waals surface area contributed by atoms with Crippen molar-refractivity contribution in [1.29, 1.82) is 0 Å². The minimum atomic E-state index is -1.66. The molecule has 4 nitrogen and oxygen atoms in total. The number of carbonyl (C=O) groups is 2. The Morgan fingerprint density at radius 2 is 1.64 bits per heavy atom. The van der Waals surface area contributed by atoms with Crippen molar-refractivity contribution >= 4 is 17.5 Å². The Hall–Kier alpha value is -2.83. The quantitative estimate of drug-likeness (QED) is 0.809. The van der Waals surface area contributed by atoms with Gasteiger partial charge in [-0.2, -0.15) is 0 Å². The van der Waals surface area contributed by atoms with Crippen molar-refractivity contribution in [2.24, 2.45) is 0 Å². The number of benzene rings is 2. The largest absolute Gasteiger partial charge is 0.349 e. The third kappa shape index (κ3) is 4.82. The maximum atomic E-state index is 13.6. The van der Waals surface area contributed by atoms with Gasteiger partial charge in [-0.1, -0.05) is 29.8 Å². The summed E-state index contributed by atoms with van der Waals surface area (Å²) in [6.45, 7) is 3.21. The summed E-state index contributed by atoms with van der Waals surface area (Å²) in [5.41, 5.74) is 1.25. The van der Waals surface area contributed by atoms with E-state index in [1.165, 1.54) is 6.92 Å². The van der Waals surface area contributed by atoms with Crippen molar-refractivity contribution in [2.45, 2.75) is 26.3 Å². The lowest BCUT2D eigenvalue weighted by Gasteiger charge is -2.18. The molecule has 1 unspecified atom stereocenters. The van der Waals surface area contributed by atoms with E-state index in [1.54, 1.807) is 12.1 Å². The topological polar surface area (TPSA) is 58.2 Å². The van der Waals surface area contributed by atoms with Crippen LogP contribution in [-0.4, -0.2) is 11.8 Å². The first-order valence-electron chi connectivity index (χ1n) is 7.55. The van der Waals surface area contributed by atoms with E-state index in [4.69, 9.17) is 0 Å². The zero-order chi connectivity index (χ0) is 18.6. The Labute approximate surface area is 143 Å². The van der Waals surface area contributed by atoms with E-state index < -0.39 is 35.1 Å². The van der Waals surface area contributed by atoms with Gasteiger partial charge in [0.2, 0.25) is 11.8 Å². The first-order chi connectivity index (χ1) is 11.8. The molecule has 0 heterocycles. The second-order valence-corrected chi connectivity index (χ2v) is 5.64. The monoisotopic (exact) mass is 350 g/mol. The molecule has 0 aliphatic rings. The first kappa shape index (κ1) is 18.5. The van der Waals surface area contributed by atoms with Gasteiger partial charge < -0.3 is 10.6 Å². The summed E-state index contributed by atoms with van der Waals surface area (Å²) in [6.07, 6.45) is -0.193. The van der Waals surface area contributed by atoms with Crippen LogP contribution in [0.15, 0.2) is 36.4 Å². The van der Waals surface area contributed by atoms with Gasteiger partial charge in [0.05, 0.1) is 18.2 Å². The number of nitrogens with one attached hydrogen (secondary N) is 2. The highest BCUT2D eigenvalue weighted by Gasteiger charge is 2.20. The van der Waals surface area contributed by atoms with Gasteiger partial charge in [-0.15, -0.1) is 0 Å². The zero-order valence-electron chi connectivity index (χ0n) is 13.7. The molecule has 0 aliphatic heterocycles. The van der Waals surface area contributed by atoms with Gasteiger partial charge >= 0.3 is 0 Å². The minimum absolute atomic E-state index is 0.193. The first-order valence-corrected chi connectivity index (χ1v) is 7.55. The number of rotatable bonds is 5. The fourth-order valence-electron chi connectivity index (χ4n) is 2.31.